The minimum absolute atomic E-state index is 0.0495. The highest BCUT2D eigenvalue weighted by atomic mass is 16.2. The van der Waals surface area contributed by atoms with Crippen molar-refractivity contribution < 1.29 is 9.59 Å². The molecule has 1 unspecified atom stereocenters. The van der Waals surface area contributed by atoms with Crippen LogP contribution in [0.5, 0.6) is 0 Å². The van der Waals surface area contributed by atoms with E-state index in [-0.39, 0.29) is 23.7 Å². The van der Waals surface area contributed by atoms with Gasteiger partial charge in [0.05, 0.1) is 5.92 Å². The van der Waals surface area contributed by atoms with Crippen molar-refractivity contribution in [2.75, 3.05) is 28.6 Å². The van der Waals surface area contributed by atoms with Gasteiger partial charge in [-0.25, -0.2) is 0 Å². The van der Waals surface area contributed by atoms with Crippen LogP contribution in [0.15, 0.2) is 127 Å². The van der Waals surface area contributed by atoms with E-state index in [0.717, 1.165) is 66.1 Å². The molecule has 5 aromatic carbocycles. The van der Waals surface area contributed by atoms with Crippen LogP contribution in [0.4, 0.5) is 17.1 Å². The van der Waals surface area contributed by atoms with Crippen LogP contribution in [-0.2, 0) is 11.2 Å². The van der Waals surface area contributed by atoms with Crippen molar-refractivity contribution in [1.82, 2.24) is 0 Å². The number of carbonyl (C=O) groups is 2. The van der Waals surface area contributed by atoms with E-state index in [0.29, 0.717) is 5.56 Å². The normalized spacial score (nSPS) is 14.8. The zero-order chi connectivity index (χ0) is 29.9. The largest absolute Gasteiger partial charge is 0.372 e. The molecule has 1 atom stereocenters. The molecule has 0 bridgehead atoms. The zero-order valence-corrected chi connectivity index (χ0v) is 24.6. The Morgan fingerprint density at radius 3 is 2.02 bits per heavy atom. The maximum Gasteiger partial charge on any atom is 0.256 e. The molecule has 0 saturated carbocycles. The van der Waals surface area contributed by atoms with Crippen LogP contribution < -0.4 is 15.5 Å². The molecular weight excluding hydrogens is 542 g/mol. The van der Waals surface area contributed by atoms with Crippen LogP contribution in [0, 0.1) is 5.92 Å². The fourth-order valence-corrected chi connectivity index (χ4v) is 6.86. The number of hydrogen-bond donors (Lipinski definition) is 2. The Balaban J connectivity index is 1.01. The number of carbonyl (C=O) groups excluding carboxylic acids is 2. The van der Waals surface area contributed by atoms with Crippen LogP contribution in [0.1, 0.15) is 45.8 Å². The second-order valence-corrected chi connectivity index (χ2v) is 11.7. The SMILES string of the molecule is O=C(Nc1ccc(N2CCC(C(C(=O)Nc3ccccc3)c3ccccc3)CC2)cc1)c1cccc2c1-c1ccccc1C2. The minimum Gasteiger partial charge on any atom is -0.372 e. The Morgan fingerprint density at radius 1 is 0.636 bits per heavy atom. The van der Waals surface area contributed by atoms with E-state index in [1.165, 1.54) is 11.1 Å². The van der Waals surface area contributed by atoms with Crippen LogP contribution in [0.25, 0.3) is 11.1 Å². The van der Waals surface area contributed by atoms with Gasteiger partial charge in [-0.2, -0.15) is 0 Å². The first-order chi connectivity index (χ1) is 21.6. The lowest BCUT2D eigenvalue weighted by atomic mass is 9.79. The molecule has 2 N–H and O–H groups in total. The number of anilines is 3. The summed E-state index contributed by atoms with van der Waals surface area (Å²) in [6, 6.07) is 42.3. The van der Waals surface area contributed by atoms with E-state index in [4.69, 9.17) is 0 Å². The number of fused-ring (bicyclic) bond motifs is 3. The second-order valence-electron chi connectivity index (χ2n) is 11.7. The maximum absolute atomic E-state index is 13.6. The summed E-state index contributed by atoms with van der Waals surface area (Å²) in [5.41, 5.74) is 9.16. The summed E-state index contributed by atoms with van der Waals surface area (Å²) >= 11 is 0. The molecule has 2 aliphatic rings. The number of nitrogens with zero attached hydrogens (tertiary/aromatic N) is 1. The van der Waals surface area contributed by atoms with Gasteiger partial charge in [0.2, 0.25) is 5.91 Å². The van der Waals surface area contributed by atoms with Gasteiger partial charge in [-0.05, 0) is 95.5 Å². The smallest absolute Gasteiger partial charge is 0.256 e. The number of nitrogens with one attached hydrogen (secondary N) is 2. The van der Waals surface area contributed by atoms with Crippen molar-refractivity contribution in [1.29, 1.82) is 0 Å². The first kappa shape index (κ1) is 27.7. The minimum atomic E-state index is -0.206. The lowest BCUT2D eigenvalue weighted by Gasteiger charge is -2.37. The van der Waals surface area contributed by atoms with Crippen molar-refractivity contribution in [3.63, 3.8) is 0 Å². The van der Waals surface area contributed by atoms with Gasteiger partial charge in [0.1, 0.15) is 0 Å². The first-order valence-electron chi connectivity index (χ1n) is 15.4. The van der Waals surface area contributed by atoms with Gasteiger partial charge in [0.25, 0.3) is 5.91 Å². The van der Waals surface area contributed by atoms with Crippen LogP contribution >= 0.6 is 0 Å². The van der Waals surface area contributed by atoms with Gasteiger partial charge in [0.15, 0.2) is 0 Å². The average molecular weight is 578 g/mol. The second kappa shape index (κ2) is 12.2. The van der Waals surface area contributed by atoms with E-state index in [2.05, 4.69) is 64.1 Å². The predicted molar refractivity (Wildman–Crippen MR) is 178 cm³/mol. The van der Waals surface area contributed by atoms with Gasteiger partial charge >= 0.3 is 0 Å². The van der Waals surface area contributed by atoms with Crippen LogP contribution in [-0.4, -0.2) is 24.9 Å². The van der Waals surface area contributed by atoms with E-state index in [1.54, 1.807) is 0 Å². The molecule has 5 heteroatoms. The van der Waals surface area contributed by atoms with E-state index in [9.17, 15) is 9.59 Å². The third-order valence-electron chi connectivity index (χ3n) is 9.05. The van der Waals surface area contributed by atoms with E-state index < -0.39 is 0 Å². The maximum atomic E-state index is 13.6. The molecule has 1 fully saturated rings. The van der Waals surface area contributed by atoms with Crippen LogP contribution in [0.2, 0.25) is 0 Å². The Hall–Kier alpha value is -5.16. The number of para-hydroxylation sites is 1. The van der Waals surface area contributed by atoms with E-state index in [1.807, 2.05) is 78.9 Å². The van der Waals surface area contributed by atoms with E-state index >= 15 is 0 Å². The quantitative estimate of drug-likeness (QED) is 0.201. The Kier molecular flexibility index (Phi) is 7.68. The third kappa shape index (κ3) is 5.61. The van der Waals surface area contributed by atoms with Crippen molar-refractivity contribution in [2.24, 2.45) is 5.92 Å². The molecule has 1 heterocycles. The molecule has 5 aromatic rings. The molecule has 0 radical (unpaired) electrons. The number of hydrogen-bond acceptors (Lipinski definition) is 3. The molecule has 1 aliphatic carbocycles. The molecule has 218 valence electrons. The third-order valence-corrected chi connectivity index (χ3v) is 9.05. The van der Waals surface area contributed by atoms with Crippen molar-refractivity contribution in [3.8, 4) is 11.1 Å². The summed E-state index contributed by atoms with van der Waals surface area (Å²) in [5, 5.41) is 6.27. The highest BCUT2D eigenvalue weighted by molar-refractivity contribution is 6.10. The molecule has 0 aromatic heterocycles. The number of piperidine rings is 1. The summed E-state index contributed by atoms with van der Waals surface area (Å²) < 4.78 is 0. The fourth-order valence-electron chi connectivity index (χ4n) is 6.86. The number of amides is 2. The Labute approximate surface area is 258 Å². The average Bonchev–Trinajstić information content (AvgIpc) is 3.46. The van der Waals surface area contributed by atoms with Crippen molar-refractivity contribution in [3.05, 3.63) is 150 Å². The predicted octanol–water partition coefficient (Wildman–Crippen LogP) is 8.15. The lowest BCUT2D eigenvalue weighted by molar-refractivity contribution is -0.118. The zero-order valence-electron chi connectivity index (χ0n) is 24.6. The number of rotatable bonds is 7. The first-order valence-corrected chi connectivity index (χ1v) is 15.4. The van der Waals surface area contributed by atoms with Gasteiger partial charge in [-0.15, -0.1) is 0 Å². The molecular formula is C39H35N3O2. The fraction of sp³-hybridized carbons (Fsp3) is 0.179. The monoisotopic (exact) mass is 577 g/mol. The molecule has 7 rings (SSSR count). The van der Waals surface area contributed by atoms with Crippen LogP contribution in [0.3, 0.4) is 0 Å². The molecule has 0 spiro atoms. The van der Waals surface area contributed by atoms with Gasteiger partial charge in [-0.3, -0.25) is 9.59 Å². The summed E-state index contributed by atoms with van der Waals surface area (Å²) in [7, 11) is 0. The topological polar surface area (TPSA) is 61.4 Å². The van der Waals surface area contributed by atoms with Gasteiger partial charge in [0, 0.05) is 35.7 Å². The number of benzene rings is 5. The summed E-state index contributed by atoms with van der Waals surface area (Å²) in [6.45, 7) is 1.74. The molecule has 5 nitrogen and oxygen atoms in total. The molecule has 44 heavy (non-hydrogen) atoms. The van der Waals surface area contributed by atoms with Crippen molar-refractivity contribution >= 4 is 28.9 Å². The standard InChI is InChI=1S/C39H35N3O2/c43-38(35-17-9-13-30-26-29-12-7-8-16-34(29)37(30)35)40-32-18-20-33(21-19-32)42-24-22-28(23-25-42)36(27-10-3-1-4-11-27)39(44)41-31-14-5-2-6-15-31/h1-21,28,36H,22-26H2,(H,40,43)(H,41,44). The Bertz CT molecular complexity index is 1780. The Morgan fingerprint density at radius 2 is 1.27 bits per heavy atom. The molecule has 1 aliphatic heterocycles. The van der Waals surface area contributed by atoms with Gasteiger partial charge < -0.3 is 15.5 Å². The summed E-state index contributed by atoms with van der Waals surface area (Å²) in [5.74, 6) is -0.00228. The summed E-state index contributed by atoms with van der Waals surface area (Å²) in [4.78, 5) is 29.3. The highest BCUT2D eigenvalue weighted by Gasteiger charge is 2.33. The lowest BCUT2D eigenvalue weighted by Crippen LogP contribution is -2.38. The summed E-state index contributed by atoms with van der Waals surface area (Å²) in [6.07, 6.45) is 2.70. The molecule has 2 amide bonds. The van der Waals surface area contributed by atoms with Crippen molar-refractivity contribution in [2.45, 2.75) is 25.2 Å². The highest BCUT2D eigenvalue weighted by Crippen LogP contribution is 2.39. The molecule has 1 saturated heterocycles. The van der Waals surface area contributed by atoms with Gasteiger partial charge in [-0.1, -0.05) is 84.9 Å².